The molecule has 1 amide bonds. The molecule has 0 radical (unpaired) electrons. The highest BCUT2D eigenvalue weighted by molar-refractivity contribution is 7.09. The van der Waals surface area contributed by atoms with Crippen molar-refractivity contribution in [1.82, 2.24) is 14.8 Å². The fourth-order valence-electron chi connectivity index (χ4n) is 4.53. The number of methoxy groups -OCH3 is 1. The van der Waals surface area contributed by atoms with Crippen LogP contribution < -0.4 is 0 Å². The quantitative estimate of drug-likeness (QED) is 0.818. The van der Waals surface area contributed by atoms with Gasteiger partial charge < -0.3 is 14.5 Å². The molecule has 24 heavy (non-hydrogen) atoms. The van der Waals surface area contributed by atoms with Gasteiger partial charge in [0.05, 0.1) is 11.6 Å². The highest BCUT2D eigenvalue weighted by atomic mass is 32.1. The van der Waals surface area contributed by atoms with Crippen molar-refractivity contribution >= 4 is 17.2 Å². The maximum Gasteiger partial charge on any atom is 0.273 e. The van der Waals surface area contributed by atoms with Crippen LogP contribution in [0.3, 0.4) is 0 Å². The number of likely N-dealkylation sites (tertiary alicyclic amines) is 2. The highest BCUT2D eigenvalue weighted by Crippen LogP contribution is 2.45. The van der Waals surface area contributed by atoms with Crippen molar-refractivity contribution in [2.24, 2.45) is 17.3 Å². The minimum atomic E-state index is 0.105. The second-order valence-electron chi connectivity index (χ2n) is 7.88. The lowest BCUT2D eigenvalue weighted by atomic mass is 9.77. The van der Waals surface area contributed by atoms with E-state index in [9.17, 15) is 4.79 Å². The van der Waals surface area contributed by atoms with Crippen LogP contribution in [-0.2, 0) is 4.74 Å². The Morgan fingerprint density at radius 3 is 2.96 bits per heavy atom. The van der Waals surface area contributed by atoms with Gasteiger partial charge in [-0.1, -0.05) is 0 Å². The maximum atomic E-state index is 12.8. The lowest BCUT2D eigenvalue weighted by molar-refractivity contribution is 0.0711. The van der Waals surface area contributed by atoms with Gasteiger partial charge in [-0.25, -0.2) is 4.98 Å². The maximum absolute atomic E-state index is 12.8. The van der Waals surface area contributed by atoms with Gasteiger partial charge in [-0.3, -0.25) is 4.79 Å². The van der Waals surface area contributed by atoms with Gasteiger partial charge in [-0.05, 0) is 32.1 Å². The first-order valence-corrected chi connectivity index (χ1v) is 9.90. The molecule has 0 N–H and O–H groups in total. The highest BCUT2D eigenvalue weighted by Gasteiger charge is 2.51. The van der Waals surface area contributed by atoms with Crippen LogP contribution in [-0.4, -0.2) is 67.1 Å². The number of ether oxygens (including phenoxy) is 1. The lowest BCUT2D eigenvalue weighted by Gasteiger charge is -2.30. The first kappa shape index (κ1) is 16.5. The Bertz CT molecular complexity index is 615. The standard InChI is InChI=1S/C18H27N3O2S/c1-13-19-16(10-24-13)17(22)21-6-5-18(12-21)11-20(7-14-3-4-14)8-15(18)9-23-2/h10,14-15H,3-9,11-12H2,1-2H3/t15-,18-/m1/s1. The molecule has 1 aromatic rings. The number of aromatic nitrogens is 1. The Kier molecular flexibility index (Phi) is 4.39. The fourth-order valence-corrected chi connectivity index (χ4v) is 5.12. The summed E-state index contributed by atoms with van der Waals surface area (Å²) in [6.45, 7) is 7.96. The van der Waals surface area contributed by atoms with E-state index >= 15 is 0 Å². The smallest absolute Gasteiger partial charge is 0.273 e. The average molecular weight is 350 g/mol. The van der Waals surface area contributed by atoms with Crippen LogP contribution in [0, 0.1) is 24.2 Å². The molecule has 2 atom stereocenters. The molecular formula is C18H27N3O2S. The molecule has 2 aliphatic heterocycles. The molecule has 1 aromatic heterocycles. The van der Waals surface area contributed by atoms with E-state index in [4.69, 9.17) is 4.74 Å². The summed E-state index contributed by atoms with van der Waals surface area (Å²) in [6, 6.07) is 0. The molecule has 1 aliphatic carbocycles. The summed E-state index contributed by atoms with van der Waals surface area (Å²) in [5.74, 6) is 1.56. The van der Waals surface area contributed by atoms with Gasteiger partial charge >= 0.3 is 0 Å². The second-order valence-corrected chi connectivity index (χ2v) is 8.94. The van der Waals surface area contributed by atoms with Crippen molar-refractivity contribution in [3.63, 3.8) is 0 Å². The number of hydrogen-bond donors (Lipinski definition) is 0. The summed E-state index contributed by atoms with van der Waals surface area (Å²) in [5.41, 5.74) is 0.830. The molecule has 2 saturated heterocycles. The number of aryl methyl sites for hydroxylation is 1. The Morgan fingerprint density at radius 1 is 1.46 bits per heavy atom. The van der Waals surface area contributed by atoms with E-state index in [2.05, 4.69) is 9.88 Å². The summed E-state index contributed by atoms with van der Waals surface area (Å²) >= 11 is 1.55. The van der Waals surface area contributed by atoms with Crippen LogP contribution in [0.5, 0.6) is 0 Å². The molecule has 132 valence electrons. The summed E-state index contributed by atoms with van der Waals surface area (Å²) < 4.78 is 5.52. The second kappa shape index (κ2) is 6.39. The van der Waals surface area contributed by atoms with Crippen LogP contribution in [0.15, 0.2) is 5.38 Å². The van der Waals surface area contributed by atoms with Crippen molar-refractivity contribution in [3.05, 3.63) is 16.1 Å². The Hall–Kier alpha value is -0.980. The Balaban J connectivity index is 1.46. The van der Waals surface area contributed by atoms with Gasteiger partial charge in [0.1, 0.15) is 5.69 Å². The van der Waals surface area contributed by atoms with Gasteiger partial charge in [0.2, 0.25) is 0 Å². The zero-order valence-corrected chi connectivity index (χ0v) is 15.5. The van der Waals surface area contributed by atoms with E-state index in [1.807, 2.05) is 17.2 Å². The summed E-state index contributed by atoms with van der Waals surface area (Å²) in [4.78, 5) is 21.8. The largest absolute Gasteiger partial charge is 0.384 e. The first-order chi connectivity index (χ1) is 11.6. The van der Waals surface area contributed by atoms with Gasteiger partial charge in [0, 0.05) is 56.5 Å². The minimum absolute atomic E-state index is 0.105. The van der Waals surface area contributed by atoms with Gasteiger partial charge in [0.25, 0.3) is 5.91 Å². The minimum Gasteiger partial charge on any atom is -0.384 e. The van der Waals surface area contributed by atoms with Gasteiger partial charge in [-0.15, -0.1) is 11.3 Å². The zero-order valence-electron chi connectivity index (χ0n) is 14.7. The number of carbonyl (C=O) groups is 1. The normalized spacial score (nSPS) is 30.6. The first-order valence-electron chi connectivity index (χ1n) is 9.02. The molecule has 3 aliphatic rings. The molecule has 1 spiro atoms. The fraction of sp³-hybridized carbons (Fsp3) is 0.778. The van der Waals surface area contributed by atoms with Crippen LogP contribution in [0.25, 0.3) is 0 Å². The monoisotopic (exact) mass is 349 g/mol. The topological polar surface area (TPSA) is 45.7 Å². The van der Waals surface area contributed by atoms with E-state index < -0.39 is 0 Å². The Morgan fingerprint density at radius 2 is 2.29 bits per heavy atom. The third kappa shape index (κ3) is 3.11. The third-order valence-electron chi connectivity index (χ3n) is 5.97. The summed E-state index contributed by atoms with van der Waals surface area (Å²) in [6.07, 6.45) is 3.88. The van der Waals surface area contributed by atoms with Crippen LogP contribution in [0.4, 0.5) is 0 Å². The van der Waals surface area contributed by atoms with Crippen LogP contribution in [0.2, 0.25) is 0 Å². The van der Waals surface area contributed by atoms with E-state index in [1.165, 1.54) is 19.4 Å². The van der Waals surface area contributed by atoms with Crippen LogP contribution in [0.1, 0.15) is 34.8 Å². The average Bonchev–Trinajstić information content (AvgIpc) is 2.96. The molecule has 3 heterocycles. The number of rotatable bonds is 5. The molecule has 3 fully saturated rings. The summed E-state index contributed by atoms with van der Waals surface area (Å²) in [5, 5.41) is 2.85. The van der Waals surface area contributed by atoms with E-state index in [0.717, 1.165) is 50.1 Å². The molecule has 0 bridgehead atoms. The number of hydrogen-bond acceptors (Lipinski definition) is 5. The third-order valence-corrected chi connectivity index (χ3v) is 6.75. The number of thiazole rings is 1. The van der Waals surface area contributed by atoms with Crippen molar-refractivity contribution in [2.45, 2.75) is 26.2 Å². The van der Waals surface area contributed by atoms with E-state index in [-0.39, 0.29) is 11.3 Å². The Labute approximate surface area is 148 Å². The molecule has 6 heteroatoms. The van der Waals surface area contributed by atoms with Gasteiger partial charge in [-0.2, -0.15) is 0 Å². The van der Waals surface area contributed by atoms with Crippen molar-refractivity contribution in [3.8, 4) is 0 Å². The van der Waals surface area contributed by atoms with Crippen molar-refractivity contribution in [2.75, 3.05) is 46.4 Å². The van der Waals surface area contributed by atoms with E-state index in [1.54, 1.807) is 18.4 Å². The van der Waals surface area contributed by atoms with Crippen LogP contribution >= 0.6 is 11.3 Å². The molecular weight excluding hydrogens is 322 g/mol. The SMILES string of the molecule is COC[C@H]1CN(CC2CC2)C[C@@]12CCN(C(=O)c1csc(C)n1)C2. The lowest BCUT2D eigenvalue weighted by Crippen LogP contribution is -2.38. The predicted molar refractivity (Wildman–Crippen MR) is 94.3 cm³/mol. The van der Waals surface area contributed by atoms with Crippen molar-refractivity contribution < 1.29 is 9.53 Å². The number of amides is 1. The zero-order chi connectivity index (χ0) is 16.7. The van der Waals surface area contributed by atoms with Crippen molar-refractivity contribution in [1.29, 1.82) is 0 Å². The number of nitrogens with zero attached hydrogens (tertiary/aromatic N) is 3. The molecule has 1 saturated carbocycles. The van der Waals surface area contributed by atoms with E-state index in [0.29, 0.717) is 11.6 Å². The number of carbonyl (C=O) groups excluding carboxylic acids is 1. The predicted octanol–water partition coefficient (Wildman–Crippen LogP) is 2.27. The molecule has 5 nitrogen and oxygen atoms in total. The summed E-state index contributed by atoms with van der Waals surface area (Å²) in [7, 11) is 1.80. The molecule has 4 rings (SSSR count). The molecule has 0 unspecified atom stereocenters. The molecule has 0 aromatic carbocycles. The van der Waals surface area contributed by atoms with Gasteiger partial charge in [0.15, 0.2) is 0 Å².